The Hall–Kier alpha value is -4.19. The zero-order chi connectivity index (χ0) is 20.8. The lowest BCUT2D eigenvalue weighted by Gasteiger charge is -2.28. The number of methoxy groups -OCH3 is 1. The van der Waals surface area contributed by atoms with Crippen molar-refractivity contribution in [1.82, 2.24) is 10.2 Å². The molecule has 3 aromatic rings. The van der Waals surface area contributed by atoms with E-state index in [1.807, 2.05) is 12.1 Å². The Bertz CT molecular complexity index is 1210. The Morgan fingerprint density at radius 1 is 1.23 bits per heavy atom. The van der Waals surface area contributed by atoms with E-state index in [1.54, 1.807) is 18.2 Å². The van der Waals surface area contributed by atoms with E-state index in [2.05, 4.69) is 16.3 Å². The molecule has 3 N–H and O–H groups in total. The van der Waals surface area contributed by atoms with Crippen LogP contribution in [0.25, 0.3) is 11.3 Å². The van der Waals surface area contributed by atoms with Gasteiger partial charge in [0, 0.05) is 11.5 Å². The van der Waals surface area contributed by atoms with Crippen LogP contribution in [0.1, 0.15) is 17.0 Å². The number of aromatic nitrogens is 2. The van der Waals surface area contributed by atoms with Crippen molar-refractivity contribution >= 4 is 5.90 Å². The van der Waals surface area contributed by atoms with Crippen molar-refractivity contribution in [1.29, 1.82) is 10.7 Å². The molecule has 30 heavy (non-hydrogen) atoms. The third-order valence-electron chi connectivity index (χ3n) is 5.26. The summed E-state index contributed by atoms with van der Waals surface area (Å²) in [6.45, 7) is 0.157. The summed E-state index contributed by atoms with van der Waals surface area (Å²) in [5.74, 6) is 0.0658. The fourth-order valence-electron chi connectivity index (χ4n) is 3.85. The Morgan fingerprint density at radius 2 is 2.07 bits per heavy atom. The largest absolute Gasteiger partial charge is 0.504 e. The fourth-order valence-corrected chi connectivity index (χ4v) is 3.85. The van der Waals surface area contributed by atoms with E-state index in [4.69, 9.17) is 24.4 Å². The van der Waals surface area contributed by atoms with Gasteiger partial charge in [-0.15, -0.1) is 5.10 Å². The van der Waals surface area contributed by atoms with Crippen molar-refractivity contribution in [2.45, 2.75) is 5.92 Å². The number of hydrogen-bond donors (Lipinski definition) is 3. The lowest BCUT2D eigenvalue weighted by molar-refractivity contribution is 0.174. The van der Waals surface area contributed by atoms with Crippen molar-refractivity contribution in [3.63, 3.8) is 0 Å². The van der Waals surface area contributed by atoms with E-state index in [0.717, 1.165) is 5.56 Å². The Morgan fingerprint density at radius 3 is 2.83 bits per heavy atom. The molecule has 2 aliphatic rings. The Kier molecular flexibility index (Phi) is 3.99. The second kappa shape index (κ2) is 6.70. The van der Waals surface area contributed by atoms with Gasteiger partial charge in [0.25, 0.3) is 0 Å². The maximum absolute atomic E-state index is 10.3. The van der Waals surface area contributed by atoms with Gasteiger partial charge in [0.05, 0.1) is 24.4 Å². The van der Waals surface area contributed by atoms with Crippen molar-refractivity contribution in [2.24, 2.45) is 5.92 Å². The summed E-state index contributed by atoms with van der Waals surface area (Å²) in [7, 11) is 1.46. The van der Waals surface area contributed by atoms with Crippen LogP contribution in [0.4, 0.5) is 0 Å². The van der Waals surface area contributed by atoms with Crippen molar-refractivity contribution in [3.05, 3.63) is 47.5 Å². The molecule has 9 nitrogen and oxygen atoms in total. The molecule has 2 unspecified atom stereocenters. The molecule has 2 aromatic carbocycles. The summed E-state index contributed by atoms with van der Waals surface area (Å²) in [5.41, 5.74) is 2.67. The van der Waals surface area contributed by atoms with Gasteiger partial charge in [0.15, 0.2) is 23.0 Å². The van der Waals surface area contributed by atoms with Crippen LogP contribution in [0.3, 0.4) is 0 Å². The number of benzene rings is 2. The predicted octanol–water partition coefficient (Wildman–Crippen LogP) is 3.16. The van der Waals surface area contributed by atoms with Gasteiger partial charge in [0.1, 0.15) is 5.92 Å². The molecule has 2 atom stereocenters. The van der Waals surface area contributed by atoms with Crippen LogP contribution < -0.4 is 18.9 Å². The van der Waals surface area contributed by atoms with Gasteiger partial charge in [-0.05, 0) is 35.9 Å². The standard InChI is InChI=1S/C21H16N4O5/c1-27-14-4-2-10(6-13(14)26)17-12(8-22)20(23)30-21-18(17)19(24-25-21)11-3-5-15-16(7-11)29-9-28-15/h2-7,12,17,23,26H,9H2,1H3,(H,24,25). The number of aromatic hydroxyl groups is 1. The molecule has 0 saturated heterocycles. The summed E-state index contributed by atoms with van der Waals surface area (Å²) < 4.78 is 21.5. The number of aromatic amines is 1. The number of fused-ring (bicyclic) bond motifs is 2. The smallest absolute Gasteiger partial charge is 0.244 e. The third-order valence-corrected chi connectivity index (χ3v) is 5.26. The van der Waals surface area contributed by atoms with Crippen LogP contribution in [0, 0.1) is 22.7 Å². The SMILES string of the molecule is COc1ccc(C2c3c(n[nH]c3-c3ccc4c(c3)OCO4)OC(=N)C2C#N)cc1O. The molecular weight excluding hydrogens is 388 g/mol. The first-order valence-corrected chi connectivity index (χ1v) is 9.11. The second-order valence-corrected chi connectivity index (χ2v) is 6.87. The van der Waals surface area contributed by atoms with Gasteiger partial charge in [-0.1, -0.05) is 6.07 Å². The molecule has 0 aliphatic carbocycles. The van der Waals surface area contributed by atoms with E-state index < -0.39 is 11.8 Å². The summed E-state index contributed by atoms with van der Waals surface area (Å²) in [6.07, 6.45) is 0. The maximum Gasteiger partial charge on any atom is 0.244 e. The van der Waals surface area contributed by atoms with Crippen molar-refractivity contribution < 1.29 is 24.1 Å². The topological polar surface area (TPSA) is 133 Å². The van der Waals surface area contributed by atoms with E-state index in [-0.39, 0.29) is 24.3 Å². The number of phenols is 1. The molecular formula is C21H16N4O5. The lowest BCUT2D eigenvalue weighted by atomic mass is 9.78. The van der Waals surface area contributed by atoms with Crippen molar-refractivity contribution in [2.75, 3.05) is 13.9 Å². The van der Waals surface area contributed by atoms with Crippen LogP contribution in [-0.2, 0) is 0 Å². The first-order chi connectivity index (χ1) is 14.6. The average Bonchev–Trinajstić information content (AvgIpc) is 3.38. The normalized spacial score (nSPS) is 19.0. The zero-order valence-electron chi connectivity index (χ0n) is 15.8. The Labute approximate surface area is 170 Å². The minimum absolute atomic E-state index is 0.0561. The van der Waals surface area contributed by atoms with Gasteiger partial charge < -0.3 is 24.1 Å². The molecule has 0 fully saturated rings. The maximum atomic E-state index is 10.3. The summed E-state index contributed by atoms with van der Waals surface area (Å²) in [6, 6.07) is 12.5. The number of ether oxygens (including phenoxy) is 4. The van der Waals surface area contributed by atoms with Gasteiger partial charge >= 0.3 is 0 Å². The lowest BCUT2D eigenvalue weighted by Crippen LogP contribution is -2.30. The van der Waals surface area contributed by atoms with Crippen LogP contribution in [-0.4, -0.2) is 35.1 Å². The molecule has 3 heterocycles. The molecule has 0 spiro atoms. The van der Waals surface area contributed by atoms with Crippen molar-refractivity contribution in [3.8, 4) is 46.2 Å². The monoisotopic (exact) mass is 404 g/mol. The summed E-state index contributed by atoms with van der Waals surface area (Å²) in [4.78, 5) is 0. The molecule has 1 aromatic heterocycles. The molecule has 0 saturated carbocycles. The van der Waals surface area contributed by atoms with E-state index in [0.29, 0.717) is 34.1 Å². The summed E-state index contributed by atoms with van der Waals surface area (Å²) in [5, 5.41) is 35.4. The Balaban J connectivity index is 1.69. The number of H-pyrrole nitrogens is 1. The number of rotatable bonds is 3. The molecule has 150 valence electrons. The number of hydrogen-bond acceptors (Lipinski definition) is 8. The van der Waals surface area contributed by atoms with Gasteiger partial charge in [0.2, 0.25) is 18.6 Å². The quantitative estimate of drug-likeness (QED) is 0.610. The van der Waals surface area contributed by atoms with Crippen LogP contribution in [0.5, 0.6) is 28.9 Å². The van der Waals surface area contributed by atoms with Crippen LogP contribution in [0.15, 0.2) is 36.4 Å². The molecule has 0 radical (unpaired) electrons. The number of nitrogens with one attached hydrogen (secondary N) is 2. The highest BCUT2D eigenvalue weighted by Crippen LogP contribution is 2.48. The van der Waals surface area contributed by atoms with Gasteiger partial charge in [-0.25, -0.2) is 0 Å². The molecule has 0 amide bonds. The van der Waals surface area contributed by atoms with Gasteiger partial charge in [-0.3, -0.25) is 10.5 Å². The third kappa shape index (κ3) is 2.62. The van der Waals surface area contributed by atoms with E-state index in [1.165, 1.54) is 13.2 Å². The first kappa shape index (κ1) is 17.9. The molecule has 2 aliphatic heterocycles. The highest BCUT2D eigenvalue weighted by atomic mass is 16.7. The van der Waals surface area contributed by atoms with Crippen LogP contribution >= 0.6 is 0 Å². The predicted molar refractivity (Wildman–Crippen MR) is 104 cm³/mol. The number of nitriles is 1. The highest BCUT2D eigenvalue weighted by Gasteiger charge is 2.41. The highest BCUT2D eigenvalue weighted by molar-refractivity contribution is 5.87. The minimum atomic E-state index is -0.893. The number of nitrogens with zero attached hydrogens (tertiary/aromatic N) is 2. The van der Waals surface area contributed by atoms with E-state index >= 15 is 0 Å². The number of phenolic OH excluding ortho intramolecular Hbond substituents is 1. The zero-order valence-corrected chi connectivity index (χ0v) is 15.8. The summed E-state index contributed by atoms with van der Waals surface area (Å²) >= 11 is 0. The minimum Gasteiger partial charge on any atom is -0.504 e. The van der Waals surface area contributed by atoms with E-state index in [9.17, 15) is 10.4 Å². The van der Waals surface area contributed by atoms with Crippen LogP contribution in [0.2, 0.25) is 0 Å². The fraction of sp³-hybridized carbons (Fsp3) is 0.190. The van der Waals surface area contributed by atoms with Gasteiger partial charge in [-0.2, -0.15) is 5.26 Å². The second-order valence-electron chi connectivity index (χ2n) is 6.87. The first-order valence-electron chi connectivity index (χ1n) is 9.11. The average molecular weight is 404 g/mol. The molecule has 0 bridgehead atoms. The molecule has 5 rings (SSSR count). The molecule has 9 heteroatoms.